The summed E-state index contributed by atoms with van der Waals surface area (Å²) in [6, 6.07) is 10.6. The molecule has 3 rings (SSSR count). The highest BCUT2D eigenvalue weighted by molar-refractivity contribution is 9.10. The Hall–Kier alpha value is -2.15. The van der Waals surface area contributed by atoms with E-state index in [1.54, 1.807) is 0 Å². The van der Waals surface area contributed by atoms with Crippen molar-refractivity contribution in [2.75, 3.05) is 12.3 Å². The van der Waals surface area contributed by atoms with Crippen molar-refractivity contribution in [3.63, 3.8) is 0 Å². The summed E-state index contributed by atoms with van der Waals surface area (Å²) in [7, 11) is 0. The Morgan fingerprint density at radius 1 is 1.16 bits per heavy atom. The van der Waals surface area contributed by atoms with E-state index >= 15 is 0 Å². The molecule has 7 heteroatoms. The van der Waals surface area contributed by atoms with Gasteiger partial charge in [0.05, 0.1) is 6.61 Å². The zero-order valence-electron chi connectivity index (χ0n) is 14.4. The molecule has 0 spiro atoms. The lowest BCUT2D eigenvalue weighted by Gasteiger charge is -2.09. The summed E-state index contributed by atoms with van der Waals surface area (Å²) in [6.07, 6.45) is 1.84. The Morgan fingerprint density at radius 3 is 2.64 bits per heavy atom. The molecule has 2 heterocycles. The van der Waals surface area contributed by atoms with Crippen LogP contribution in [0.2, 0.25) is 0 Å². The van der Waals surface area contributed by atoms with Gasteiger partial charge < -0.3 is 15.0 Å². The number of anilines is 1. The topological polar surface area (TPSA) is 78.9 Å². The van der Waals surface area contributed by atoms with Crippen LogP contribution in [0.4, 0.5) is 5.82 Å². The fraction of sp³-hybridized carbons (Fsp3) is 0.389. The zero-order valence-corrected chi connectivity index (χ0v) is 16.0. The minimum atomic E-state index is 0.301. The van der Waals surface area contributed by atoms with Gasteiger partial charge in [-0.05, 0) is 40.3 Å². The van der Waals surface area contributed by atoms with E-state index in [0.29, 0.717) is 40.3 Å². The third-order valence-corrected chi connectivity index (χ3v) is 4.39. The molecule has 0 unspecified atom stereocenters. The zero-order chi connectivity index (χ0) is 17.8. The predicted octanol–water partition coefficient (Wildman–Crippen LogP) is 3.84. The molecule has 0 bridgehead atoms. The molecule has 1 aromatic carbocycles. The van der Waals surface area contributed by atoms with E-state index in [-0.39, 0.29) is 0 Å². The average Bonchev–Trinajstić information content (AvgIpc) is 2.89. The molecular weight excluding hydrogens is 382 g/mol. The molecule has 0 fully saturated rings. The molecule has 3 aromatic rings. The first-order chi connectivity index (χ1) is 12.0. The van der Waals surface area contributed by atoms with Crippen LogP contribution in [0.25, 0.3) is 11.2 Å². The predicted molar refractivity (Wildman–Crippen MR) is 103 cm³/mol. The number of benzene rings is 1. The number of aryl methyl sites for hydroxylation is 1. The SMILES string of the molecule is CC(C)Cn1c(Br)nc2c(N)nc(OCCCc3ccccc3)nc21. The van der Waals surface area contributed by atoms with E-state index in [2.05, 4.69) is 56.9 Å². The second-order valence-electron chi connectivity index (χ2n) is 6.39. The first-order valence-corrected chi connectivity index (χ1v) is 9.20. The van der Waals surface area contributed by atoms with Crippen LogP contribution < -0.4 is 10.5 Å². The van der Waals surface area contributed by atoms with E-state index in [4.69, 9.17) is 10.5 Å². The lowest BCUT2D eigenvalue weighted by molar-refractivity contribution is 0.288. The maximum absolute atomic E-state index is 6.04. The number of aromatic nitrogens is 4. The van der Waals surface area contributed by atoms with Crippen LogP contribution in [-0.2, 0) is 13.0 Å². The van der Waals surface area contributed by atoms with E-state index in [9.17, 15) is 0 Å². The molecule has 0 amide bonds. The summed E-state index contributed by atoms with van der Waals surface area (Å²) >= 11 is 3.47. The molecule has 132 valence electrons. The van der Waals surface area contributed by atoms with Crippen LogP contribution in [-0.4, -0.2) is 26.1 Å². The van der Waals surface area contributed by atoms with E-state index in [1.165, 1.54) is 5.56 Å². The lowest BCUT2D eigenvalue weighted by atomic mass is 10.1. The second-order valence-corrected chi connectivity index (χ2v) is 7.10. The normalized spacial score (nSPS) is 11.4. The number of hydrogen-bond donors (Lipinski definition) is 1. The van der Waals surface area contributed by atoms with Gasteiger partial charge in [0.1, 0.15) is 0 Å². The maximum Gasteiger partial charge on any atom is 0.320 e. The van der Waals surface area contributed by atoms with Gasteiger partial charge in [-0.15, -0.1) is 0 Å². The van der Waals surface area contributed by atoms with Gasteiger partial charge in [-0.2, -0.15) is 9.97 Å². The number of rotatable bonds is 7. The van der Waals surface area contributed by atoms with Crippen LogP contribution in [0.1, 0.15) is 25.8 Å². The van der Waals surface area contributed by atoms with Crippen molar-refractivity contribution in [2.45, 2.75) is 33.2 Å². The molecule has 6 nitrogen and oxygen atoms in total. The summed E-state index contributed by atoms with van der Waals surface area (Å²) in [5.41, 5.74) is 8.63. The number of fused-ring (bicyclic) bond motifs is 1. The largest absolute Gasteiger partial charge is 0.463 e. The first-order valence-electron chi connectivity index (χ1n) is 8.40. The Labute approximate surface area is 155 Å². The summed E-state index contributed by atoms with van der Waals surface area (Å²) < 4.78 is 8.43. The minimum absolute atomic E-state index is 0.301. The lowest BCUT2D eigenvalue weighted by Crippen LogP contribution is -2.08. The van der Waals surface area contributed by atoms with E-state index in [1.807, 2.05) is 22.8 Å². The van der Waals surface area contributed by atoms with Crippen molar-refractivity contribution in [1.29, 1.82) is 0 Å². The molecule has 0 aliphatic heterocycles. The molecule has 2 N–H and O–H groups in total. The second kappa shape index (κ2) is 7.82. The maximum atomic E-state index is 6.04. The molecule has 0 aliphatic carbocycles. The molecule has 0 saturated carbocycles. The Morgan fingerprint density at radius 2 is 1.92 bits per heavy atom. The van der Waals surface area contributed by atoms with Crippen LogP contribution in [0, 0.1) is 5.92 Å². The molecule has 25 heavy (non-hydrogen) atoms. The average molecular weight is 404 g/mol. The molecular formula is C18H22BrN5O. The summed E-state index contributed by atoms with van der Waals surface area (Å²) in [4.78, 5) is 13.2. The monoisotopic (exact) mass is 403 g/mol. The van der Waals surface area contributed by atoms with Crippen molar-refractivity contribution in [3.8, 4) is 6.01 Å². The third-order valence-electron chi connectivity index (χ3n) is 3.79. The van der Waals surface area contributed by atoms with Gasteiger partial charge in [-0.3, -0.25) is 0 Å². The Bertz CT molecular complexity index is 848. The van der Waals surface area contributed by atoms with Gasteiger partial charge in [0, 0.05) is 6.54 Å². The number of imidazole rings is 1. The van der Waals surface area contributed by atoms with Crippen LogP contribution in [0.3, 0.4) is 0 Å². The third kappa shape index (κ3) is 4.28. The van der Waals surface area contributed by atoms with Crippen molar-refractivity contribution in [1.82, 2.24) is 19.5 Å². The fourth-order valence-electron chi connectivity index (χ4n) is 2.65. The van der Waals surface area contributed by atoms with Crippen molar-refractivity contribution < 1.29 is 4.74 Å². The van der Waals surface area contributed by atoms with Crippen molar-refractivity contribution in [3.05, 3.63) is 40.6 Å². The van der Waals surface area contributed by atoms with Crippen LogP contribution in [0.15, 0.2) is 35.1 Å². The first kappa shape index (κ1) is 17.7. The number of hydrogen-bond acceptors (Lipinski definition) is 5. The number of nitrogens with zero attached hydrogens (tertiary/aromatic N) is 4. The van der Waals surface area contributed by atoms with E-state index in [0.717, 1.165) is 19.4 Å². The molecule has 2 aromatic heterocycles. The molecule has 0 saturated heterocycles. The summed E-state index contributed by atoms with van der Waals surface area (Å²) in [5, 5.41) is 0. The van der Waals surface area contributed by atoms with Crippen molar-refractivity contribution in [2.24, 2.45) is 5.92 Å². The van der Waals surface area contributed by atoms with Gasteiger partial charge in [0.25, 0.3) is 0 Å². The smallest absolute Gasteiger partial charge is 0.320 e. The summed E-state index contributed by atoms with van der Waals surface area (Å²) in [6.45, 7) is 5.62. The fourth-order valence-corrected chi connectivity index (χ4v) is 3.14. The number of halogens is 1. The number of nitrogen functional groups attached to an aromatic ring is 1. The minimum Gasteiger partial charge on any atom is -0.463 e. The quantitative estimate of drug-likeness (QED) is 0.478. The number of nitrogens with two attached hydrogens (primary N) is 1. The molecule has 0 atom stereocenters. The van der Waals surface area contributed by atoms with Crippen molar-refractivity contribution >= 4 is 32.9 Å². The highest BCUT2D eigenvalue weighted by atomic mass is 79.9. The standard InChI is InChI=1S/C18H22BrN5O/c1-12(2)11-24-16-14(21-17(24)19)15(20)22-18(23-16)25-10-6-9-13-7-4-3-5-8-13/h3-5,7-8,12H,6,9-11H2,1-2H3,(H2,20,22,23). The Balaban J connectivity index is 1.71. The van der Waals surface area contributed by atoms with Gasteiger partial charge in [-0.25, -0.2) is 4.98 Å². The summed E-state index contributed by atoms with van der Waals surface area (Å²) in [5.74, 6) is 0.798. The van der Waals surface area contributed by atoms with Gasteiger partial charge in [0.2, 0.25) is 0 Å². The van der Waals surface area contributed by atoms with Crippen LogP contribution >= 0.6 is 15.9 Å². The Kier molecular flexibility index (Phi) is 5.53. The van der Waals surface area contributed by atoms with Gasteiger partial charge in [-0.1, -0.05) is 44.2 Å². The molecule has 0 radical (unpaired) electrons. The van der Waals surface area contributed by atoms with Crippen LogP contribution in [0.5, 0.6) is 6.01 Å². The van der Waals surface area contributed by atoms with E-state index < -0.39 is 0 Å². The molecule has 0 aliphatic rings. The highest BCUT2D eigenvalue weighted by Crippen LogP contribution is 2.25. The van der Waals surface area contributed by atoms with Gasteiger partial charge in [0.15, 0.2) is 21.7 Å². The van der Waals surface area contributed by atoms with Gasteiger partial charge >= 0.3 is 6.01 Å². The highest BCUT2D eigenvalue weighted by Gasteiger charge is 2.16. The number of ether oxygens (including phenoxy) is 1.